The fourth-order valence-electron chi connectivity index (χ4n) is 3.02. The maximum absolute atomic E-state index is 12.4. The predicted octanol–water partition coefficient (Wildman–Crippen LogP) is 2.24. The van der Waals surface area contributed by atoms with Crippen molar-refractivity contribution in [3.05, 3.63) is 59.7 Å². The maximum atomic E-state index is 12.4. The third-order valence-electron chi connectivity index (χ3n) is 4.49. The van der Waals surface area contributed by atoms with Crippen LogP contribution >= 0.6 is 0 Å². The molecule has 0 spiro atoms. The second kappa shape index (κ2) is 9.01. The predicted molar refractivity (Wildman–Crippen MR) is 105 cm³/mol. The Morgan fingerprint density at radius 2 is 1.72 bits per heavy atom. The molecule has 3 rings (SSSR count). The Morgan fingerprint density at radius 3 is 2.45 bits per heavy atom. The number of hydrogen-bond acceptors (Lipinski definition) is 5. The molecule has 1 aliphatic rings. The second-order valence-electron chi connectivity index (χ2n) is 6.52. The van der Waals surface area contributed by atoms with Gasteiger partial charge < -0.3 is 20.1 Å². The molecule has 8 nitrogen and oxygen atoms in total. The number of fused-ring (bicyclic) bond motifs is 1. The third-order valence-corrected chi connectivity index (χ3v) is 4.49. The van der Waals surface area contributed by atoms with E-state index < -0.39 is 17.8 Å². The van der Waals surface area contributed by atoms with Crippen LogP contribution in [0.3, 0.4) is 0 Å². The van der Waals surface area contributed by atoms with Gasteiger partial charge in [0.05, 0.1) is 12.0 Å². The third kappa shape index (κ3) is 5.19. The number of nitrogens with one attached hydrogen (secondary N) is 1. The number of amides is 2. The number of esters is 1. The highest BCUT2D eigenvalue weighted by atomic mass is 16.5. The van der Waals surface area contributed by atoms with E-state index in [0.717, 1.165) is 17.7 Å². The van der Waals surface area contributed by atoms with Gasteiger partial charge in [0, 0.05) is 24.3 Å². The van der Waals surface area contributed by atoms with Crippen molar-refractivity contribution in [2.24, 2.45) is 0 Å². The summed E-state index contributed by atoms with van der Waals surface area (Å²) < 4.78 is 5.12. The number of ether oxygens (including phenoxy) is 1. The molecule has 8 heteroatoms. The van der Waals surface area contributed by atoms with E-state index in [1.807, 2.05) is 24.3 Å². The Balaban J connectivity index is 1.50. The van der Waals surface area contributed by atoms with Gasteiger partial charge >= 0.3 is 11.9 Å². The van der Waals surface area contributed by atoms with Crippen molar-refractivity contribution in [1.29, 1.82) is 0 Å². The van der Waals surface area contributed by atoms with Crippen LogP contribution in [0.5, 0.6) is 0 Å². The summed E-state index contributed by atoms with van der Waals surface area (Å²) in [4.78, 5) is 48.3. The van der Waals surface area contributed by atoms with E-state index in [2.05, 4.69) is 5.32 Å². The number of carbonyl (C=O) groups excluding carboxylic acids is 3. The second-order valence-corrected chi connectivity index (χ2v) is 6.52. The molecule has 0 aromatic heterocycles. The summed E-state index contributed by atoms with van der Waals surface area (Å²) in [6.07, 6.45) is 0.377. The Bertz CT molecular complexity index is 938. The monoisotopic (exact) mass is 396 g/mol. The van der Waals surface area contributed by atoms with Gasteiger partial charge in [-0.3, -0.25) is 14.4 Å². The quantitative estimate of drug-likeness (QED) is 0.694. The molecule has 0 saturated carbocycles. The van der Waals surface area contributed by atoms with Crippen molar-refractivity contribution in [3.8, 4) is 0 Å². The number of carbonyl (C=O) groups is 4. The van der Waals surface area contributed by atoms with Crippen molar-refractivity contribution < 1.29 is 29.0 Å². The summed E-state index contributed by atoms with van der Waals surface area (Å²) in [7, 11) is 0. The molecule has 0 atom stereocenters. The normalized spacial score (nSPS) is 12.2. The van der Waals surface area contributed by atoms with E-state index >= 15 is 0 Å². The van der Waals surface area contributed by atoms with E-state index in [4.69, 9.17) is 9.84 Å². The molecule has 0 unspecified atom stereocenters. The van der Waals surface area contributed by atoms with Crippen LogP contribution in [-0.2, 0) is 25.5 Å². The highest BCUT2D eigenvalue weighted by Crippen LogP contribution is 2.27. The molecule has 0 aliphatic carbocycles. The summed E-state index contributed by atoms with van der Waals surface area (Å²) in [5, 5.41) is 11.1. The highest BCUT2D eigenvalue weighted by molar-refractivity contribution is 5.99. The summed E-state index contributed by atoms with van der Waals surface area (Å²) in [5.41, 5.74) is 2.61. The summed E-state index contributed by atoms with van der Waals surface area (Å²) in [6, 6.07) is 13.6. The first-order valence-corrected chi connectivity index (χ1v) is 9.11. The Kier molecular flexibility index (Phi) is 6.23. The van der Waals surface area contributed by atoms with Crippen LogP contribution in [0.4, 0.5) is 11.4 Å². The Morgan fingerprint density at radius 1 is 1.00 bits per heavy atom. The standard InChI is InChI=1S/C21H20N2O6/c24-18(9-10-20(26)27)22-16-7-5-15(6-8-16)21(28)29-13-19(25)23-12-11-14-3-1-2-4-17(14)23/h1-8H,9-13H2,(H,22,24)(H,26,27). The van der Waals surface area contributed by atoms with Crippen molar-refractivity contribution in [3.63, 3.8) is 0 Å². The van der Waals surface area contributed by atoms with Crippen LogP contribution in [0.1, 0.15) is 28.8 Å². The molecule has 2 aromatic rings. The highest BCUT2D eigenvalue weighted by Gasteiger charge is 2.25. The average molecular weight is 396 g/mol. The lowest BCUT2D eigenvalue weighted by molar-refractivity contribution is -0.138. The molecule has 0 saturated heterocycles. The largest absolute Gasteiger partial charge is 0.481 e. The summed E-state index contributed by atoms with van der Waals surface area (Å²) >= 11 is 0. The van der Waals surface area contributed by atoms with Crippen LogP contribution in [0, 0.1) is 0 Å². The number of nitrogens with zero attached hydrogens (tertiary/aromatic N) is 1. The van der Waals surface area contributed by atoms with Crippen LogP contribution in [-0.4, -0.2) is 42.0 Å². The van der Waals surface area contributed by atoms with E-state index in [9.17, 15) is 19.2 Å². The van der Waals surface area contributed by atoms with Gasteiger partial charge in [-0.15, -0.1) is 0 Å². The lowest BCUT2D eigenvalue weighted by atomic mass is 10.2. The summed E-state index contributed by atoms with van der Waals surface area (Å²) in [5.74, 6) is -2.41. The zero-order chi connectivity index (χ0) is 20.8. The molecular weight excluding hydrogens is 376 g/mol. The van der Waals surface area contributed by atoms with Crippen molar-refractivity contribution in [2.45, 2.75) is 19.3 Å². The molecule has 150 valence electrons. The molecular formula is C21H20N2O6. The lowest BCUT2D eigenvalue weighted by Crippen LogP contribution is -2.33. The van der Waals surface area contributed by atoms with Gasteiger partial charge in [0.1, 0.15) is 0 Å². The van der Waals surface area contributed by atoms with E-state index in [0.29, 0.717) is 12.2 Å². The van der Waals surface area contributed by atoms with Crippen molar-refractivity contribution >= 4 is 35.1 Å². The minimum absolute atomic E-state index is 0.138. The fourth-order valence-corrected chi connectivity index (χ4v) is 3.02. The first kappa shape index (κ1) is 20.1. The maximum Gasteiger partial charge on any atom is 0.338 e. The zero-order valence-corrected chi connectivity index (χ0v) is 15.6. The van der Waals surface area contributed by atoms with Crippen LogP contribution in [0.2, 0.25) is 0 Å². The molecule has 0 radical (unpaired) electrons. The van der Waals surface area contributed by atoms with E-state index in [1.165, 1.54) is 24.3 Å². The van der Waals surface area contributed by atoms with E-state index in [-0.39, 0.29) is 30.9 Å². The number of rotatable bonds is 7. The van der Waals surface area contributed by atoms with Gasteiger partial charge in [-0.1, -0.05) is 18.2 Å². The van der Waals surface area contributed by atoms with Crippen molar-refractivity contribution in [1.82, 2.24) is 0 Å². The smallest absolute Gasteiger partial charge is 0.338 e. The number of benzene rings is 2. The van der Waals surface area contributed by atoms with Crippen LogP contribution in [0.15, 0.2) is 48.5 Å². The fraction of sp³-hybridized carbons (Fsp3) is 0.238. The Labute approximate surface area is 167 Å². The van der Waals surface area contributed by atoms with Gasteiger partial charge in [0.2, 0.25) is 5.91 Å². The minimum Gasteiger partial charge on any atom is -0.481 e. The SMILES string of the molecule is O=C(O)CCC(=O)Nc1ccc(C(=O)OCC(=O)N2CCc3ccccc32)cc1. The molecule has 1 aliphatic heterocycles. The zero-order valence-electron chi connectivity index (χ0n) is 15.6. The molecule has 0 fully saturated rings. The topological polar surface area (TPSA) is 113 Å². The first-order chi connectivity index (χ1) is 13.9. The molecule has 29 heavy (non-hydrogen) atoms. The molecule has 2 N–H and O–H groups in total. The van der Waals surface area contributed by atoms with Crippen molar-refractivity contribution in [2.75, 3.05) is 23.4 Å². The van der Waals surface area contributed by atoms with Gasteiger partial charge in [-0.25, -0.2) is 4.79 Å². The number of carboxylic acid groups (broad SMARTS) is 1. The van der Waals surface area contributed by atoms with Gasteiger partial charge in [0.25, 0.3) is 5.91 Å². The lowest BCUT2D eigenvalue weighted by Gasteiger charge is -2.17. The molecule has 0 bridgehead atoms. The number of hydrogen-bond donors (Lipinski definition) is 2. The number of aliphatic carboxylic acids is 1. The number of anilines is 2. The first-order valence-electron chi connectivity index (χ1n) is 9.11. The van der Waals surface area contributed by atoms with Crippen LogP contribution in [0.25, 0.3) is 0 Å². The number of carboxylic acids is 1. The molecule has 1 heterocycles. The summed E-state index contributed by atoms with van der Waals surface area (Å²) in [6.45, 7) is 0.201. The van der Waals surface area contributed by atoms with Gasteiger partial charge in [-0.05, 0) is 42.3 Å². The van der Waals surface area contributed by atoms with E-state index in [1.54, 1.807) is 4.90 Å². The number of para-hydroxylation sites is 1. The molecule has 2 aromatic carbocycles. The average Bonchev–Trinajstić information content (AvgIpc) is 3.15. The van der Waals surface area contributed by atoms with Gasteiger partial charge in [-0.2, -0.15) is 0 Å². The minimum atomic E-state index is -1.05. The Hall–Kier alpha value is -3.68. The van der Waals surface area contributed by atoms with Crippen LogP contribution < -0.4 is 10.2 Å². The molecule has 2 amide bonds. The van der Waals surface area contributed by atoms with Gasteiger partial charge in [0.15, 0.2) is 6.61 Å².